The van der Waals surface area contributed by atoms with Gasteiger partial charge in [-0.25, -0.2) is 0 Å². The van der Waals surface area contributed by atoms with E-state index in [9.17, 15) is 4.79 Å². The van der Waals surface area contributed by atoms with Crippen molar-refractivity contribution in [3.8, 4) is 16.4 Å². The molecule has 0 aliphatic rings. The second kappa shape index (κ2) is 8.63. The van der Waals surface area contributed by atoms with Gasteiger partial charge in [0.25, 0.3) is 0 Å². The van der Waals surface area contributed by atoms with Crippen molar-refractivity contribution in [2.75, 3.05) is 14.1 Å². The Kier molecular flexibility index (Phi) is 5.78. The minimum absolute atomic E-state index is 0.0153. The van der Waals surface area contributed by atoms with E-state index in [0.29, 0.717) is 5.16 Å². The third-order valence-electron chi connectivity index (χ3n) is 4.38. The monoisotopic (exact) mass is 420 g/mol. The topological polar surface area (TPSA) is 51.0 Å². The molecule has 0 N–H and O–H groups in total. The van der Waals surface area contributed by atoms with Crippen LogP contribution in [-0.2, 0) is 4.79 Å². The summed E-state index contributed by atoms with van der Waals surface area (Å²) in [6.07, 6.45) is 0. The van der Waals surface area contributed by atoms with Crippen molar-refractivity contribution < 1.29 is 4.79 Å². The van der Waals surface area contributed by atoms with Crippen LogP contribution in [0.3, 0.4) is 0 Å². The van der Waals surface area contributed by atoms with Crippen molar-refractivity contribution >= 4 is 29.0 Å². The number of rotatable bonds is 6. The second-order valence-corrected chi connectivity index (χ2v) is 8.62. The van der Waals surface area contributed by atoms with E-state index in [0.717, 1.165) is 22.0 Å². The Morgan fingerprint density at radius 2 is 1.66 bits per heavy atom. The number of para-hydroxylation sites is 1. The van der Waals surface area contributed by atoms with Gasteiger partial charge in [-0.2, -0.15) is 0 Å². The lowest BCUT2D eigenvalue weighted by atomic mass is 10.1. The Morgan fingerprint density at radius 1 is 0.966 bits per heavy atom. The quantitative estimate of drug-likeness (QED) is 0.416. The van der Waals surface area contributed by atoms with Gasteiger partial charge >= 0.3 is 0 Å². The van der Waals surface area contributed by atoms with Gasteiger partial charge in [0, 0.05) is 19.8 Å². The van der Waals surface area contributed by atoms with Gasteiger partial charge in [0.1, 0.15) is 5.25 Å². The predicted octanol–water partition coefficient (Wildman–Crippen LogP) is 4.92. The molecule has 0 radical (unpaired) electrons. The molecular formula is C22H20N4OS2. The van der Waals surface area contributed by atoms with E-state index in [1.807, 2.05) is 82.7 Å². The van der Waals surface area contributed by atoms with E-state index >= 15 is 0 Å². The number of carbonyl (C=O) groups is 1. The van der Waals surface area contributed by atoms with Crippen molar-refractivity contribution in [1.82, 2.24) is 19.7 Å². The first kappa shape index (κ1) is 19.4. The first-order valence-corrected chi connectivity index (χ1v) is 10.9. The highest BCUT2D eigenvalue weighted by molar-refractivity contribution is 8.00. The Balaban J connectivity index is 1.81. The number of aromatic nitrogens is 3. The van der Waals surface area contributed by atoms with Gasteiger partial charge in [-0.1, -0.05) is 66.4 Å². The number of likely N-dealkylation sites (N-methyl/N-ethyl adjacent to an activating group) is 1. The SMILES string of the molecule is CN(C)C(=O)[C@H](Sc1nnc(-c2cccs2)n1-c1ccccc1)c1ccccc1. The lowest BCUT2D eigenvalue weighted by Crippen LogP contribution is -2.27. The summed E-state index contributed by atoms with van der Waals surface area (Å²) in [5.74, 6) is 0.791. The van der Waals surface area contributed by atoms with E-state index in [-0.39, 0.29) is 5.91 Å². The number of benzene rings is 2. The molecule has 4 rings (SSSR count). The van der Waals surface area contributed by atoms with Crippen LogP contribution in [0.15, 0.2) is 83.3 Å². The summed E-state index contributed by atoms with van der Waals surface area (Å²) in [5, 5.41) is 11.2. The molecule has 146 valence electrons. The summed E-state index contributed by atoms with van der Waals surface area (Å²) in [6.45, 7) is 0. The fourth-order valence-electron chi connectivity index (χ4n) is 2.95. The zero-order valence-electron chi connectivity index (χ0n) is 16.1. The highest BCUT2D eigenvalue weighted by Crippen LogP contribution is 2.38. The van der Waals surface area contributed by atoms with E-state index < -0.39 is 5.25 Å². The summed E-state index contributed by atoms with van der Waals surface area (Å²) >= 11 is 3.04. The molecule has 0 unspecified atom stereocenters. The molecule has 2 aromatic carbocycles. The predicted molar refractivity (Wildman–Crippen MR) is 118 cm³/mol. The molecule has 0 saturated carbocycles. The maximum absolute atomic E-state index is 13.0. The van der Waals surface area contributed by atoms with E-state index in [4.69, 9.17) is 0 Å². The maximum atomic E-state index is 13.0. The number of nitrogens with zero attached hydrogens (tertiary/aromatic N) is 4. The zero-order chi connectivity index (χ0) is 20.2. The van der Waals surface area contributed by atoms with Crippen LogP contribution in [0.25, 0.3) is 16.4 Å². The van der Waals surface area contributed by atoms with Crippen LogP contribution in [0.2, 0.25) is 0 Å². The molecule has 0 fully saturated rings. The Bertz CT molecular complexity index is 1080. The van der Waals surface area contributed by atoms with Crippen LogP contribution in [0.1, 0.15) is 10.8 Å². The summed E-state index contributed by atoms with van der Waals surface area (Å²) in [6, 6.07) is 23.8. The minimum Gasteiger partial charge on any atom is -0.348 e. The molecule has 1 amide bonds. The lowest BCUT2D eigenvalue weighted by molar-refractivity contribution is -0.128. The summed E-state index contributed by atoms with van der Waals surface area (Å²) in [4.78, 5) is 15.6. The van der Waals surface area contributed by atoms with Gasteiger partial charge in [0.2, 0.25) is 5.91 Å². The molecule has 0 aliphatic carbocycles. The van der Waals surface area contributed by atoms with E-state index in [1.165, 1.54) is 11.8 Å². The molecule has 0 saturated heterocycles. The number of thiophene rings is 1. The van der Waals surface area contributed by atoms with Crippen molar-refractivity contribution in [2.24, 2.45) is 0 Å². The summed E-state index contributed by atoms with van der Waals surface area (Å²) < 4.78 is 2.02. The molecule has 2 heterocycles. The fourth-order valence-corrected chi connectivity index (χ4v) is 4.85. The van der Waals surface area contributed by atoms with Crippen molar-refractivity contribution in [1.29, 1.82) is 0 Å². The minimum atomic E-state index is -0.408. The van der Waals surface area contributed by atoms with Crippen molar-refractivity contribution in [2.45, 2.75) is 10.4 Å². The van der Waals surface area contributed by atoms with Gasteiger partial charge in [-0.05, 0) is 29.1 Å². The van der Waals surface area contributed by atoms with Crippen LogP contribution < -0.4 is 0 Å². The highest BCUT2D eigenvalue weighted by Gasteiger charge is 2.27. The number of amides is 1. The first-order chi connectivity index (χ1) is 14.1. The van der Waals surface area contributed by atoms with E-state index in [1.54, 1.807) is 30.3 Å². The van der Waals surface area contributed by atoms with Crippen LogP contribution in [-0.4, -0.2) is 39.7 Å². The Labute approximate surface area is 178 Å². The number of hydrogen-bond acceptors (Lipinski definition) is 5. The van der Waals surface area contributed by atoms with Gasteiger partial charge in [-0.15, -0.1) is 21.5 Å². The second-order valence-electron chi connectivity index (χ2n) is 6.60. The van der Waals surface area contributed by atoms with Gasteiger partial charge in [-0.3, -0.25) is 9.36 Å². The van der Waals surface area contributed by atoms with Gasteiger partial charge < -0.3 is 4.90 Å². The number of thioether (sulfide) groups is 1. The molecule has 2 aromatic heterocycles. The molecule has 0 bridgehead atoms. The standard InChI is InChI=1S/C22H20N4OS2/c1-25(2)21(27)19(16-10-5-3-6-11-16)29-22-24-23-20(18-14-9-15-28-18)26(22)17-12-7-4-8-13-17/h3-15,19H,1-2H3/t19-/m1/s1. The Hall–Kier alpha value is -2.90. The largest absolute Gasteiger partial charge is 0.348 e. The summed E-state index contributed by atoms with van der Waals surface area (Å²) in [5.41, 5.74) is 1.91. The summed E-state index contributed by atoms with van der Waals surface area (Å²) in [7, 11) is 3.55. The molecule has 1 atom stereocenters. The number of hydrogen-bond donors (Lipinski definition) is 0. The molecule has 29 heavy (non-hydrogen) atoms. The molecule has 7 heteroatoms. The van der Waals surface area contributed by atoms with Gasteiger partial charge in [0.15, 0.2) is 11.0 Å². The number of carbonyl (C=O) groups excluding carboxylic acids is 1. The smallest absolute Gasteiger partial charge is 0.240 e. The molecule has 5 nitrogen and oxygen atoms in total. The van der Waals surface area contributed by atoms with Gasteiger partial charge in [0.05, 0.1) is 4.88 Å². The van der Waals surface area contributed by atoms with Crippen LogP contribution in [0, 0.1) is 0 Å². The Morgan fingerprint density at radius 3 is 2.28 bits per heavy atom. The van der Waals surface area contributed by atoms with E-state index in [2.05, 4.69) is 10.2 Å². The molecule has 4 aromatic rings. The van der Waals surface area contributed by atoms with Crippen LogP contribution in [0.4, 0.5) is 0 Å². The van der Waals surface area contributed by atoms with Crippen molar-refractivity contribution in [3.63, 3.8) is 0 Å². The normalized spacial score (nSPS) is 11.9. The molecule has 0 aliphatic heterocycles. The van der Waals surface area contributed by atoms with Crippen LogP contribution in [0.5, 0.6) is 0 Å². The van der Waals surface area contributed by atoms with Crippen molar-refractivity contribution in [3.05, 3.63) is 83.7 Å². The first-order valence-electron chi connectivity index (χ1n) is 9.12. The third-order valence-corrected chi connectivity index (χ3v) is 6.43. The van der Waals surface area contributed by atoms with Crippen LogP contribution >= 0.6 is 23.1 Å². The average Bonchev–Trinajstić information content (AvgIpc) is 3.42. The molecular weight excluding hydrogens is 400 g/mol. The maximum Gasteiger partial charge on any atom is 0.240 e. The fraction of sp³-hybridized carbons (Fsp3) is 0.136. The highest BCUT2D eigenvalue weighted by atomic mass is 32.2. The third kappa shape index (κ3) is 4.11. The molecule has 0 spiro atoms. The zero-order valence-corrected chi connectivity index (χ0v) is 17.7. The average molecular weight is 421 g/mol. The lowest BCUT2D eigenvalue weighted by Gasteiger charge is -2.20.